The van der Waals surface area contributed by atoms with Crippen LogP contribution >= 0.6 is 0 Å². The highest BCUT2D eigenvalue weighted by Crippen LogP contribution is 2.08. The Kier molecular flexibility index (Phi) is 7.20. The van der Waals surface area contributed by atoms with Gasteiger partial charge < -0.3 is 10.0 Å². The van der Waals surface area contributed by atoms with Crippen LogP contribution in [0.3, 0.4) is 0 Å². The van der Waals surface area contributed by atoms with Crippen LogP contribution in [0.5, 0.6) is 0 Å². The van der Waals surface area contributed by atoms with E-state index in [0.29, 0.717) is 0 Å². The predicted molar refractivity (Wildman–Crippen MR) is 88.6 cm³/mol. The van der Waals surface area contributed by atoms with Gasteiger partial charge in [0, 0.05) is 26.2 Å². The van der Waals surface area contributed by atoms with Gasteiger partial charge in [-0.15, -0.1) is 0 Å². The lowest BCUT2D eigenvalue weighted by atomic mass is 10.1. The smallest absolute Gasteiger partial charge is 0.0667 e. The van der Waals surface area contributed by atoms with Crippen molar-refractivity contribution in [3.8, 4) is 0 Å². The second-order valence-electron chi connectivity index (χ2n) is 6.17. The number of hydrogen-bond acceptors (Lipinski definition) is 3. The molecule has 1 fully saturated rings. The number of aliphatic hydroxyl groups is 1. The van der Waals surface area contributed by atoms with Gasteiger partial charge in [-0.05, 0) is 37.9 Å². The molecular formula is C18H30N2O. The summed E-state index contributed by atoms with van der Waals surface area (Å²) in [5.41, 5.74) is 1.43. The molecule has 1 heterocycles. The maximum Gasteiger partial charge on any atom is 0.0667 e. The van der Waals surface area contributed by atoms with E-state index in [1.54, 1.807) is 0 Å². The molecule has 0 amide bonds. The van der Waals surface area contributed by atoms with Crippen molar-refractivity contribution in [2.24, 2.45) is 0 Å². The molecule has 3 nitrogen and oxygen atoms in total. The number of aliphatic hydroxyl groups excluding tert-OH is 1. The molecule has 1 saturated heterocycles. The Morgan fingerprint density at radius 2 is 1.76 bits per heavy atom. The Balaban J connectivity index is 1.70. The normalized spacial score (nSPS) is 19.3. The highest BCUT2D eigenvalue weighted by atomic mass is 16.3. The molecule has 2 rings (SSSR count). The van der Waals surface area contributed by atoms with Gasteiger partial charge in [-0.3, -0.25) is 4.90 Å². The monoisotopic (exact) mass is 290 g/mol. The van der Waals surface area contributed by atoms with E-state index < -0.39 is 0 Å². The average Bonchev–Trinajstić information content (AvgIpc) is 2.72. The Labute approximate surface area is 129 Å². The molecule has 1 aromatic carbocycles. The molecular weight excluding hydrogens is 260 g/mol. The van der Waals surface area contributed by atoms with Crippen LogP contribution in [0.2, 0.25) is 0 Å². The summed E-state index contributed by atoms with van der Waals surface area (Å²) in [6.45, 7) is 8.67. The first-order chi connectivity index (χ1) is 10.3. The van der Waals surface area contributed by atoms with Crippen LogP contribution in [-0.4, -0.2) is 60.3 Å². The third kappa shape index (κ3) is 6.16. The number of hydrogen-bond donors (Lipinski definition) is 1. The highest BCUT2D eigenvalue weighted by Gasteiger charge is 2.16. The molecule has 0 bridgehead atoms. The lowest BCUT2D eigenvalue weighted by Gasteiger charge is -2.23. The van der Waals surface area contributed by atoms with Gasteiger partial charge in [-0.1, -0.05) is 43.7 Å². The van der Waals surface area contributed by atoms with Crippen molar-refractivity contribution >= 4 is 0 Å². The zero-order chi connectivity index (χ0) is 14.9. The third-order valence-electron chi connectivity index (χ3n) is 4.33. The summed E-state index contributed by atoms with van der Waals surface area (Å²) in [6.07, 6.45) is 4.20. The number of rotatable bonds is 7. The Morgan fingerprint density at radius 3 is 2.52 bits per heavy atom. The van der Waals surface area contributed by atoms with Crippen molar-refractivity contribution in [1.82, 2.24) is 9.80 Å². The fourth-order valence-corrected chi connectivity index (χ4v) is 3.09. The quantitative estimate of drug-likeness (QED) is 0.835. The van der Waals surface area contributed by atoms with Crippen LogP contribution < -0.4 is 0 Å². The van der Waals surface area contributed by atoms with E-state index in [1.165, 1.54) is 18.5 Å². The van der Waals surface area contributed by atoms with Gasteiger partial charge in [-0.2, -0.15) is 0 Å². The van der Waals surface area contributed by atoms with E-state index >= 15 is 0 Å². The second-order valence-corrected chi connectivity index (χ2v) is 6.17. The Bertz CT molecular complexity index is 382. The van der Waals surface area contributed by atoms with Crippen LogP contribution in [0, 0.1) is 0 Å². The van der Waals surface area contributed by atoms with Crippen molar-refractivity contribution < 1.29 is 5.11 Å². The van der Waals surface area contributed by atoms with Crippen molar-refractivity contribution in [2.75, 3.05) is 39.3 Å². The van der Waals surface area contributed by atoms with E-state index in [0.717, 1.165) is 52.0 Å². The molecule has 0 radical (unpaired) electrons. The maximum absolute atomic E-state index is 9.96. The largest absolute Gasteiger partial charge is 0.392 e. The molecule has 21 heavy (non-hydrogen) atoms. The number of nitrogens with zero attached hydrogens (tertiary/aromatic N) is 2. The molecule has 0 aliphatic carbocycles. The number of benzene rings is 1. The molecule has 1 aromatic rings. The molecule has 1 aliphatic heterocycles. The first kappa shape index (κ1) is 16.5. The van der Waals surface area contributed by atoms with Crippen molar-refractivity contribution in [3.63, 3.8) is 0 Å². The molecule has 0 saturated carbocycles. The molecule has 118 valence electrons. The molecule has 0 spiro atoms. The fraction of sp³-hybridized carbons (Fsp3) is 0.667. The lowest BCUT2D eigenvalue weighted by Crippen LogP contribution is -2.36. The fourth-order valence-electron chi connectivity index (χ4n) is 3.09. The third-order valence-corrected chi connectivity index (χ3v) is 4.33. The van der Waals surface area contributed by atoms with E-state index in [4.69, 9.17) is 0 Å². The van der Waals surface area contributed by atoms with Gasteiger partial charge in [0.25, 0.3) is 0 Å². The summed E-state index contributed by atoms with van der Waals surface area (Å²) in [7, 11) is 0. The molecule has 0 aromatic heterocycles. The van der Waals surface area contributed by atoms with Crippen molar-refractivity contribution in [3.05, 3.63) is 35.9 Å². The maximum atomic E-state index is 9.96. The van der Waals surface area contributed by atoms with Gasteiger partial charge >= 0.3 is 0 Å². The summed E-state index contributed by atoms with van der Waals surface area (Å²) in [4.78, 5) is 5.00. The van der Waals surface area contributed by atoms with Crippen LogP contribution in [0.4, 0.5) is 0 Å². The zero-order valence-electron chi connectivity index (χ0n) is 13.4. The topological polar surface area (TPSA) is 26.7 Å². The van der Waals surface area contributed by atoms with Crippen LogP contribution in [-0.2, 0) is 6.42 Å². The minimum absolute atomic E-state index is 0.147. The van der Waals surface area contributed by atoms with Crippen molar-refractivity contribution in [1.29, 1.82) is 0 Å². The summed E-state index contributed by atoms with van der Waals surface area (Å²) in [6, 6.07) is 10.7. The van der Waals surface area contributed by atoms with Gasteiger partial charge in [-0.25, -0.2) is 0 Å². The average molecular weight is 290 g/mol. The molecule has 3 heteroatoms. The summed E-state index contributed by atoms with van der Waals surface area (Å²) < 4.78 is 0. The minimum atomic E-state index is -0.147. The van der Waals surface area contributed by atoms with Crippen LogP contribution in [0.15, 0.2) is 30.3 Å². The molecule has 1 aliphatic rings. The summed E-state index contributed by atoms with van der Waals surface area (Å²) in [5, 5.41) is 9.96. The van der Waals surface area contributed by atoms with E-state index in [-0.39, 0.29) is 6.10 Å². The standard InChI is InChI=1S/C18H30N2O/c1-2-7-18(21)16-20-12-6-11-19(14-15-20)13-10-17-8-4-3-5-9-17/h3-5,8-9,18,21H,2,6-7,10-16H2,1H3. The van der Waals surface area contributed by atoms with E-state index in [1.807, 2.05) is 0 Å². The van der Waals surface area contributed by atoms with Crippen LogP contribution in [0.1, 0.15) is 31.7 Å². The van der Waals surface area contributed by atoms with Gasteiger partial charge in [0.15, 0.2) is 0 Å². The first-order valence-electron chi connectivity index (χ1n) is 8.44. The highest BCUT2D eigenvalue weighted by molar-refractivity contribution is 5.14. The van der Waals surface area contributed by atoms with Gasteiger partial charge in [0.05, 0.1) is 6.10 Å². The predicted octanol–water partition coefficient (Wildman–Crippen LogP) is 2.40. The SMILES string of the molecule is CCCC(O)CN1CCCN(CCc2ccccc2)CC1. The lowest BCUT2D eigenvalue weighted by molar-refractivity contribution is 0.106. The van der Waals surface area contributed by atoms with Gasteiger partial charge in [0.1, 0.15) is 0 Å². The van der Waals surface area contributed by atoms with Crippen molar-refractivity contribution in [2.45, 2.75) is 38.7 Å². The summed E-state index contributed by atoms with van der Waals surface area (Å²) in [5.74, 6) is 0. The van der Waals surface area contributed by atoms with Gasteiger partial charge in [0.2, 0.25) is 0 Å². The zero-order valence-corrected chi connectivity index (χ0v) is 13.4. The molecule has 1 atom stereocenters. The Morgan fingerprint density at radius 1 is 1.05 bits per heavy atom. The second kappa shape index (κ2) is 9.19. The number of β-amino-alcohol motifs (C(OH)–C–C–N with tert-alkyl or cyclic N) is 1. The van der Waals surface area contributed by atoms with E-state index in [2.05, 4.69) is 47.1 Å². The van der Waals surface area contributed by atoms with E-state index in [9.17, 15) is 5.11 Å². The molecule has 1 unspecified atom stereocenters. The summed E-state index contributed by atoms with van der Waals surface area (Å²) >= 11 is 0. The minimum Gasteiger partial charge on any atom is -0.392 e. The Hall–Kier alpha value is -0.900. The molecule has 1 N–H and O–H groups in total. The van der Waals surface area contributed by atoms with Crippen LogP contribution in [0.25, 0.3) is 0 Å². The first-order valence-corrected chi connectivity index (χ1v) is 8.44.